The predicted molar refractivity (Wildman–Crippen MR) is 49.5 cm³/mol. The zero-order chi connectivity index (χ0) is 8.85. The normalized spacial score (nSPS) is 15.6. The van der Waals surface area contributed by atoms with Crippen molar-refractivity contribution in [2.75, 3.05) is 0 Å². The van der Waals surface area contributed by atoms with Crippen LogP contribution in [0, 0.1) is 5.92 Å². The minimum Gasteiger partial charge on any atom is -0.389 e. The summed E-state index contributed by atoms with van der Waals surface area (Å²) in [6, 6.07) is 0. The van der Waals surface area contributed by atoms with Gasteiger partial charge in [-0.25, -0.2) is 0 Å². The van der Waals surface area contributed by atoms with E-state index < -0.39 is 0 Å². The maximum atomic E-state index is 9.19. The molecule has 0 spiro atoms. The van der Waals surface area contributed by atoms with Crippen molar-refractivity contribution >= 4 is 0 Å². The highest BCUT2D eigenvalue weighted by Gasteiger charge is 2.02. The standard InChI is InChI=1S/C10H20O/c1-5-10(6-2)7-8(3)9(4)11/h7,9-11H,5-6H2,1-4H3/b8-7-. The van der Waals surface area contributed by atoms with Crippen LogP contribution in [-0.2, 0) is 0 Å². The first-order valence-electron chi connectivity index (χ1n) is 4.48. The first-order chi connectivity index (χ1) is 5.11. The van der Waals surface area contributed by atoms with Crippen LogP contribution in [-0.4, -0.2) is 11.2 Å². The summed E-state index contributed by atoms with van der Waals surface area (Å²) in [6.45, 7) is 8.16. The van der Waals surface area contributed by atoms with Gasteiger partial charge < -0.3 is 5.11 Å². The average Bonchev–Trinajstić information content (AvgIpc) is 1.99. The van der Waals surface area contributed by atoms with Crippen molar-refractivity contribution in [1.82, 2.24) is 0 Å². The van der Waals surface area contributed by atoms with Crippen LogP contribution in [0.15, 0.2) is 11.6 Å². The molecule has 0 aromatic rings. The fourth-order valence-electron chi connectivity index (χ4n) is 1.04. The summed E-state index contributed by atoms with van der Waals surface area (Å²) in [5.74, 6) is 0.643. The molecule has 0 saturated heterocycles. The highest BCUT2D eigenvalue weighted by molar-refractivity contribution is 5.04. The van der Waals surface area contributed by atoms with E-state index in [1.54, 1.807) is 0 Å². The highest BCUT2D eigenvalue weighted by Crippen LogP contribution is 2.13. The van der Waals surface area contributed by atoms with E-state index in [-0.39, 0.29) is 6.10 Å². The van der Waals surface area contributed by atoms with Gasteiger partial charge in [0.15, 0.2) is 0 Å². The van der Waals surface area contributed by atoms with E-state index in [1.165, 1.54) is 12.8 Å². The van der Waals surface area contributed by atoms with Crippen molar-refractivity contribution in [3.8, 4) is 0 Å². The molecule has 11 heavy (non-hydrogen) atoms. The van der Waals surface area contributed by atoms with Crippen LogP contribution in [0.5, 0.6) is 0 Å². The molecule has 0 aliphatic rings. The third-order valence-electron chi connectivity index (χ3n) is 2.21. The first kappa shape index (κ1) is 10.7. The molecule has 0 aliphatic heterocycles. The van der Waals surface area contributed by atoms with E-state index >= 15 is 0 Å². The molecule has 1 heteroatoms. The van der Waals surface area contributed by atoms with Gasteiger partial charge in [-0.1, -0.05) is 19.9 Å². The van der Waals surface area contributed by atoms with E-state index in [0.717, 1.165) is 5.57 Å². The Morgan fingerprint density at radius 3 is 2.09 bits per heavy atom. The number of hydrogen-bond acceptors (Lipinski definition) is 1. The van der Waals surface area contributed by atoms with Crippen molar-refractivity contribution < 1.29 is 5.11 Å². The van der Waals surface area contributed by atoms with Gasteiger partial charge in [-0.2, -0.15) is 0 Å². The fourth-order valence-corrected chi connectivity index (χ4v) is 1.04. The van der Waals surface area contributed by atoms with Gasteiger partial charge in [0.2, 0.25) is 0 Å². The minimum atomic E-state index is -0.282. The zero-order valence-electron chi connectivity index (χ0n) is 8.09. The Morgan fingerprint density at radius 1 is 1.36 bits per heavy atom. The molecule has 0 aromatic carbocycles. The molecule has 0 fully saturated rings. The van der Waals surface area contributed by atoms with Crippen LogP contribution in [0.1, 0.15) is 40.5 Å². The van der Waals surface area contributed by atoms with Crippen molar-refractivity contribution in [2.45, 2.75) is 46.6 Å². The number of rotatable bonds is 4. The van der Waals surface area contributed by atoms with Crippen molar-refractivity contribution in [1.29, 1.82) is 0 Å². The summed E-state index contributed by atoms with van der Waals surface area (Å²) < 4.78 is 0. The lowest BCUT2D eigenvalue weighted by atomic mass is 9.99. The predicted octanol–water partition coefficient (Wildman–Crippen LogP) is 2.75. The monoisotopic (exact) mass is 156 g/mol. The van der Waals surface area contributed by atoms with E-state index in [1.807, 2.05) is 13.8 Å². The Balaban J connectivity index is 4.03. The highest BCUT2D eigenvalue weighted by atomic mass is 16.3. The molecule has 1 unspecified atom stereocenters. The minimum absolute atomic E-state index is 0.282. The number of aliphatic hydroxyl groups excluding tert-OH is 1. The van der Waals surface area contributed by atoms with Gasteiger partial charge in [0, 0.05) is 0 Å². The molecule has 0 aliphatic carbocycles. The first-order valence-corrected chi connectivity index (χ1v) is 4.48. The summed E-state index contributed by atoms with van der Waals surface area (Å²) in [4.78, 5) is 0. The number of hydrogen-bond donors (Lipinski definition) is 1. The molecule has 66 valence electrons. The van der Waals surface area contributed by atoms with Crippen LogP contribution in [0.3, 0.4) is 0 Å². The van der Waals surface area contributed by atoms with Crippen LogP contribution < -0.4 is 0 Å². The molecule has 0 heterocycles. The quantitative estimate of drug-likeness (QED) is 0.620. The van der Waals surface area contributed by atoms with Gasteiger partial charge in [0.25, 0.3) is 0 Å². The lowest BCUT2D eigenvalue weighted by Gasteiger charge is -2.10. The second-order valence-corrected chi connectivity index (χ2v) is 3.16. The third kappa shape index (κ3) is 4.20. The molecule has 0 aromatic heterocycles. The van der Waals surface area contributed by atoms with Crippen molar-refractivity contribution in [3.63, 3.8) is 0 Å². The van der Waals surface area contributed by atoms with Crippen molar-refractivity contribution in [2.24, 2.45) is 5.92 Å². The summed E-state index contributed by atoms with van der Waals surface area (Å²) in [5.41, 5.74) is 1.10. The van der Waals surface area contributed by atoms with Gasteiger partial charge in [-0.3, -0.25) is 0 Å². The zero-order valence-corrected chi connectivity index (χ0v) is 8.09. The molecule has 0 bridgehead atoms. The Hall–Kier alpha value is -0.300. The molecule has 0 rings (SSSR count). The Labute approximate surface area is 70.1 Å². The second-order valence-electron chi connectivity index (χ2n) is 3.16. The van der Waals surface area contributed by atoms with Gasteiger partial charge in [0.1, 0.15) is 0 Å². The third-order valence-corrected chi connectivity index (χ3v) is 2.21. The van der Waals surface area contributed by atoms with Crippen molar-refractivity contribution in [3.05, 3.63) is 11.6 Å². The average molecular weight is 156 g/mol. The maximum absolute atomic E-state index is 9.19. The fraction of sp³-hybridized carbons (Fsp3) is 0.800. The summed E-state index contributed by atoms with van der Waals surface area (Å²) in [5, 5.41) is 9.19. The van der Waals surface area contributed by atoms with Gasteiger partial charge in [0.05, 0.1) is 6.10 Å². The van der Waals surface area contributed by atoms with Crippen LogP contribution in [0.4, 0.5) is 0 Å². The van der Waals surface area contributed by atoms with Gasteiger partial charge in [-0.05, 0) is 38.2 Å². The van der Waals surface area contributed by atoms with E-state index in [0.29, 0.717) is 5.92 Å². The SMILES string of the molecule is CCC(/C=C(/C)C(C)O)CC. The Bertz CT molecular complexity index is 121. The van der Waals surface area contributed by atoms with Crippen LogP contribution >= 0.6 is 0 Å². The Kier molecular flexibility index (Phi) is 5.22. The van der Waals surface area contributed by atoms with Gasteiger partial charge >= 0.3 is 0 Å². The molecular weight excluding hydrogens is 136 g/mol. The van der Waals surface area contributed by atoms with Crippen LogP contribution in [0.25, 0.3) is 0 Å². The van der Waals surface area contributed by atoms with E-state index in [4.69, 9.17) is 0 Å². The molecule has 1 N–H and O–H groups in total. The number of allylic oxidation sites excluding steroid dienone is 1. The second kappa shape index (κ2) is 5.36. The molecule has 0 amide bonds. The lowest BCUT2D eigenvalue weighted by molar-refractivity contribution is 0.230. The summed E-state index contributed by atoms with van der Waals surface area (Å²) in [6.07, 6.45) is 4.24. The largest absolute Gasteiger partial charge is 0.389 e. The Morgan fingerprint density at radius 2 is 1.82 bits per heavy atom. The van der Waals surface area contributed by atoms with E-state index in [2.05, 4.69) is 19.9 Å². The van der Waals surface area contributed by atoms with Crippen LogP contribution in [0.2, 0.25) is 0 Å². The molecule has 1 atom stereocenters. The maximum Gasteiger partial charge on any atom is 0.0719 e. The lowest BCUT2D eigenvalue weighted by Crippen LogP contribution is -2.03. The summed E-state index contributed by atoms with van der Waals surface area (Å²) in [7, 11) is 0. The molecular formula is C10H20O. The number of aliphatic hydroxyl groups is 1. The molecule has 0 saturated carbocycles. The molecule has 1 nitrogen and oxygen atoms in total. The smallest absolute Gasteiger partial charge is 0.0719 e. The van der Waals surface area contributed by atoms with E-state index in [9.17, 15) is 5.11 Å². The topological polar surface area (TPSA) is 20.2 Å². The summed E-state index contributed by atoms with van der Waals surface area (Å²) >= 11 is 0. The van der Waals surface area contributed by atoms with Gasteiger partial charge in [-0.15, -0.1) is 0 Å². The molecule has 0 radical (unpaired) electrons.